The maximum Gasteiger partial charge on any atom is 0.408 e. The Morgan fingerprint density at radius 3 is 2.32 bits per heavy atom. The third kappa shape index (κ3) is 6.61. The lowest BCUT2D eigenvalue weighted by Crippen LogP contribution is -2.43. The fraction of sp³-hybridized carbons (Fsp3) is 0.529. The first kappa shape index (κ1) is 18.0. The van der Waals surface area contributed by atoms with E-state index in [4.69, 9.17) is 9.47 Å². The number of rotatable bonds is 7. The largest absolute Gasteiger partial charge is 0.467 e. The monoisotopic (exact) mass is 307 g/mol. The second-order valence-corrected chi connectivity index (χ2v) is 5.76. The lowest BCUT2D eigenvalue weighted by molar-refractivity contribution is -0.143. The van der Waals surface area contributed by atoms with Gasteiger partial charge in [-0.05, 0) is 24.8 Å². The maximum absolute atomic E-state index is 11.9. The molecule has 0 radical (unpaired) electrons. The molecule has 122 valence electrons. The molecule has 0 saturated heterocycles. The van der Waals surface area contributed by atoms with Gasteiger partial charge >= 0.3 is 12.1 Å². The molecule has 0 spiro atoms. The van der Waals surface area contributed by atoms with Gasteiger partial charge in [0.2, 0.25) is 0 Å². The summed E-state index contributed by atoms with van der Waals surface area (Å²) in [5.74, 6) is -0.201. The highest BCUT2D eigenvalue weighted by Gasteiger charge is 2.24. The number of amides is 1. The zero-order valence-corrected chi connectivity index (χ0v) is 13.7. The molecule has 1 aromatic carbocycles. The topological polar surface area (TPSA) is 64.6 Å². The van der Waals surface area contributed by atoms with E-state index in [0.29, 0.717) is 12.8 Å². The minimum absolute atomic E-state index is 0.256. The quantitative estimate of drug-likeness (QED) is 0.787. The number of alkyl carbamates (subject to hydrolysis) is 1. The van der Waals surface area contributed by atoms with Crippen molar-refractivity contribution in [2.75, 3.05) is 7.11 Å². The van der Waals surface area contributed by atoms with Crippen LogP contribution in [-0.2, 0) is 20.7 Å². The molecule has 5 nitrogen and oxygen atoms in total. The summed E-state index contributed by atoms with van der Waals surface area (Å²) < 4.78 is 10.0. The summed E-state index contributed by atoms with van der Waals surface area (Å²) in [5, 5.41) is 2.58. The Kier molecular flexibility index (Phi) is 7.43. The summed E-state index contributed by atoms with van der Waals surface area (Å²) in [6.45, 7) is 5.77. The van der Waals surface area contributed by atoms with Crippen molar-refractivity contribution in [1.82, 2.24) is 5.32 Å². The molecule has 0 aliphatic rings. The van der Waals surface area contributed by atoms with Crippen LogP contribution < -0.4 is 5.32 Å². The molecule has 0 saturated carbocycles. The van der Waals surface area contributed by atoms with Gasteiger partial charge in [0.1, 0.15) is 12.1 Å². The van der Waals surface area contributed by atoms with Crippen LogP contribution in [0.3, 0.4) is 0 Å². The van der Waals surface area contributed by atoms with Crippen LogP contribution in [-0.4, -0.2) is 31.3 Å². The Balaban J connectivity index is 2.50. The molecule has 22 heavy (non-hydrogen) atoms. The minimum Gasteiger partial charge on any atom is -0.467 e. The molecule has 0 aromatic heterocycles. The first-order valence-electron chi connectivity index (χ1n) is 7.51. The number of nitrogens with one attached hydrogen (secondary N) is 1. The van der Waals surface area contributed by atoms with Crippen LogP contribution in [0.5, 0.6) is 0 Å². The van der Waals surface area contributed by atoms with Gasteiger partial charge in [-0.25, -0.2) is 9.59 Å². The van der Waals surface area contributed by atoms with E-state index in [1.54, 1.807) is 0 Å². The molecule has 5 heteroatoms. The molecule has 2 unspecified atom stereocenters. The van der Waals surface area contributed by atoms with Crippen molar-refractivity contribution in [2.45, 2.75) is 45.8 Å². The average molecular weight is 307 g/mol. The fourth-order valence-electron chi connectivity index (χ4n) is 2.17. The smallest absolute Gasteiger partial charge is 0.408 e. The number of methoxy groups -OCH3 is 1. The average Bonchev–Trinajstić information content (AvgIpc) is 2.46. The highest BCUT2D eigenvalue weighted by Crippen LogP contribution is 2.09. The molecule has 0 bridgehead atoms. The first-order chi connectivity index (χ1) is 10.4. The van der Waals surface area contributed by atoms with E-state index in [9.17, 15) is 9.59 Å². The van der Waals surface area contributed by atoms with Crippen molar-refractivity contribution < 1.29 is 19.1 Å². The summed E-state index contributed by atoms with van der Waals surface area (Å²) >= 11 is 0. The molecule has 1 rings (SSSR count). The van der Waals surface area contributed by atoms with Gasteiger partial charge in [0, 0.05) is 6.42 Å². The Morgan fingerprint density at radius 2 is 1.77 bits per heavy atom. The number of hydrogen-bond acceptors (Lipinski definition) is 4. The lowest BCUT2D eigenvalue weighted by Gasteiger charge is -2.20. The van der Waals surface area contributed by atoms with Crippen molar-refractivity contribution in [1.29, 1.82) is 0 Å². The maximum atomic E-state index is 11.9. The molecule has 1 N–H and O–H groups in total. The van der Waals surface area contributed by atoms with Crippen LogP contribution >= 0.6 is 0 Å². The van der Waals surface area contributed by atoms with Crippen molar-refractivity contribution in [2.24, 2.45) is 5.92 Å². The van der Waals surface area contributed by atoms with Gasteiger partial charge in [-0.1, -0.05) is 44.2 Å². The highest BCUT2D eigenvalue weighted by molar-refractivity contribution is 5.81. The third-order valence-electron chi connectivity index (χ3n) is 3.16. The summed E-state index contributed by atoms with van der Waals surface area (Å²) in [6, 6.07) is 9.10. The Morgan fingerprint density at radius 1 is 1.14 bits per heavy atom. The van der Waals surface area contributed by atoms with Crippen LogP contribution in [0.2, 0.25) is 0 Å². The minimum atomic E-state index is -0.679. The van der Waals surface area contributed by atoms with Crippen molar-refractivity contribution in [3.63, 3.8) is 0 Å². The molecular formula is C17H25NO4. The number of carbonyl (C=O) groups excluding carboxylic acids is 2. The molecule has 1 aromatic rings. The number of carbonyl (C=O) groups is 2. The van der Waals surface area contributed by atoms with Crippen LogP contribution in [0.15, 0.2) is 30.3 Å². The van der Waals surface area contributed by atoms with Crippen LogP contribution in [0.25, 0.3) is 0 Å². The highest BCUT2D eigenvalue weighted by atomic mass is 16.6. The van der Waals surface area contributed by atoms with Crippen LogP contribution in [0, 0.1) is 5.92 Å². The van der Waals surface area contributed by atoms with Crippen LogP contribution in [0.1, 0.15) is 32.8 Å². The molecule has 0 fully saturated rings. The zero-order valence-electron chi connectivity index (χ0n) is 13.7. The Bertz CT molecular complexity index is 473. The van der Waals surface area contributed by atoms with Gasteiger partial charge in [0.15, 0.2) is 0 Å². The van der Waals surface area contributed by atoms with Gasteiger partial charge in [-0.15, -0.1) is 0 Å². The first-order valence-corrected chi connectivity index (χ1v) is 7.51. The molecule has 0 aliphatic heterocycles. The van der Waals surface area contributed by atoms with E-state index in [1.165, 1.54) is 7.11 Å². The number of hydrogen-bond donors (Lipinski definition) is 1. The van der Waals surface area contributed by atoms with Gasteiger partial charge in [0.05, 0.1) is 7.11 Å². The number of ether oxygens (including phenoxy) is 2. The predicted molar refractivity (Wildman–Crippen MR) is 84.5 cm³/mol. The molecule has 2 atom stereocenters. The van der Waals surface area contributed by atoms with E-state index in [1.807, 2.05) is 51.1 Å². The second-order valence-electron chi connectivity index (χ2n) is 5.76. The van der Waals surface area contributed by atoms with E-state index < -0.39 is 18.1 Å². The van der Waals surface area contributed by atoms with Crippen molar-refractivity contribution in [3.05, 3.63) is 35.9 Å². The number of esters is 1. The van der Waals surface area contributed by atoms with Crippen molar-refractivity contribution >= 4 is 12.1 Å². The van der Waals surface area contributed by atoms with E-state index in [0.717, 1.165) is 5.56 Å². The Labute approximate surface area is 132 Å². The SMILES string of the molecule is COC(=O)C(CC(C)C)NC(=O)OC(C)Cc1ccccc1. The lowest BCUT2D eigenvalue weighted by atomic mass is 10.0. The van der Waals surface area contributed by atoms with Gasteiger partial charge in [-0.2, -0.15) is 0 Å². The van der Waals surface area contributed by atoms with Gasteiger partial charge < -0.3 is 14.8 Å². The van der Waals surface area contributed by atoms with E-state index >= 15 is 0 Å². The summed E-state index contributed by atoms with van der Waals surface area (Å²) in [5.41, 5.74) is 1.09. The zero-order chi connectivity index (χ0) is 16.5. The summed E-state index contributed by atoms with van der Waals surface area (Å²) in [4.78, 5) is 23.6. The molecule has 0 aliphatic carbocycles. The fourth-order valence-corrected chi connectivity index (χ4v) is 2.17. The molecule has 1 amide bonds. The third-order valence-corrected chi connectivity index (χ3v) is 3.16. The number of benzene rings is 1. The van der Waals surface area contributed by atoms with Gasteiger partial charge in [-0.3, -0.25) is 0 Å². The van der Waals surface area contributed by atoms with Crippen molar-refractivity contribution in [3.8, 4) is 0 Å². The summed E-state index contributed by atoms with van der Waals surface area (Å²) in [7, 11) is 1.31. The standard InChI is InChI=1S/C17H25NO4/c1-12(2)10-15(16(19)21-4)18-17(20)22-13(3)11-14-8-6-5-7-9-14/h5-9,12-13,15H,10-11H2,1-4H3,(H,18,20). The van der Waals surface area contributed by atoms with Crippen LogP contribution in [0.4, 0.5) is 4.79 Å². The predicted octanol–water partition coefficient (Wildman–Crippen LogP) is 2.93. The van der Waals surface area contributed by atoms with Gasteiger partial charge in [0.25, 0.3) is 0 Å². The van der Waals surface area contributed by atoms with E-state index in [-0.39, 0.29) is 12.0 Å². The molecular weight excluding hydrogens is 282 g/mol. The summed E-state index contributed by atoms with van der Waals surface area (Å²) in [6.07, 6.45) is 0.259. The molecule has 0 heterocycles. The second kappa shape index (κ2) is 9.07. The Hall–Kier alpha value is -2.04. The van der Waals surface area contributed by atoms with E-state index in [2.05, 4.69) is 5.32 Å². The normalized spacial score (nSPS) is 13.3.